The maximum Gasteiger partial charge on any atom is 0.272 e. The number of rotatable bonds is 9. The van der Waals surface area contributed by atoms with Crippen LogP contribution in [-0.2, 0) is 15.6 Å². The summed E-state index contributed by atoms with van der Waals surface area (Å²) in [5.74, 6) is -1.10. The van der Waals surface area contributed by atoms with Gasteiger partial charge in [-0.25, -0.2) is 26.3 Å². The van der Waals surface area contributed by atoms with E-state index in [1.807, 2.05) is 6.92 Å². The summed E-state index contributed by atoms with van der Waals surface area (Å²) in [7, 11) is -3.50. The van der Waals surface area contributed by atoms with Gasteiger partial charge < -0.3 is 4.74 Å². The van der Waals surface area contributed by atoms with Crippen LogP contribution in [0, 0.1) is 5.82 Å². The second-order valence-corrected chi connectivity index (χ2v) is 7.55. The third kappa shape index (κ3) is 4.98. The maximum atomic E-state index is 13.7. The monoisotopic (exact) mass is 363 g/mol. The van der Waals surface area contributed by atoms with Crippen LogP contribution in [0.1, 0.15) is 31.7 Å². The number of halogens is 3. The summed E-state index contributed by atoms with van der Waals surface area (Å²) in [6.07, 6.45) is 2.34. The fraction of sp³-hybridized carbons (Fsp3) is 0.500. The molecule has 24 heavy (non-hydrogen) atoms. The van der Waals surface area contributed by atoms with E-state index in [9.17, 15) is 21.6 Å². The largest absolute Gasteiger partial charge is 0.485 e. The maximum absolute atomic E-state index is 13.7. The first-order valence-corrected chi connectivity index (χ1v) is 9.27. The normalized spacial score (nSPS) is 16.7. The molecule has 0 unspecified atom stereocenters. The third-order valence-electron chi connectivity index (χ3n) is 3.74. The molecule has 0 aromatic heterocycles. The zero-order valence-corrected chi connectivity index (χ0v) is 14.1. The van der Waals surface area contributed by atoms with Gasteiger partial charge in [0.1, 0.15) is 6.61 Å². The smallest absolute Gasteiger partial charge is 0.272 e. The van der Waals surface area contributed by atoms with Gasteiger partial charge in [-0.1, -0.05) is 18.2 Å². The number of ether oxygens (including phenoxy) is 1. The molecule has 0 heterocycles. The first-order chi connectivity index (χ1) is 11.3. The van der Waals surface area contributed by atoms with E-state index in [-0.39, 0.29) is 11.5 Å². The highest BCUT2D eigenvalue weighted by molar-refractivity contribution is 7.89. The average Bonchev–Trinajstić information content (AvgIpc) is 3.26. The van der Waals surface area contributed by atoms with Crippen molar-refractivity contribution in [2.24, 2.45) is 0 Å². The topological polar surface area (TPSA) is 55.4 Å². The van der Waals surface area contributed by atoms with Crippen molar-refractivity contribution in [3.05, 3.63) is 41.7 Å². The molecule has 134 valence electrons. The van der Waals surface area contributed by atoms with E-state index in [0.717, 1.165) is 6.07 Å². The molecule has 1 saturated carbocycles. The van der Waals surface area contributed by atoms with Gasteiger partial charge in [-0.2, -0.15) is 0 Å². The fourth-order valence-electron chi connectivity index (χ4n) is 2.38. The second kappa shape index (κ2) is 7.57. The lowest BCUT2D eigenvalue weighted by molar-refractivity contribution is 0.0798. The highest BCUT2D eigenvalue weighted by Gasteiger charge is 2.47. The highest BCUT2D eigenvalue weighted by Crippen LogP contribution is 2.47. The summed E-state index contributed by atoms with van der Waals surface area (Å²) in [6, 6.07) is 3.84. The van der Waals surface area contributed by atoms with Gasteiger partial charge in [0.15, 0.2) is 11.6 Å². The van der Waals surface area contributed by atoms with E-state index in [1.165, 1.54) is 12.1 Å². The molecule has 0 amide bonds. The summed E-state index contributed by atoms with van der Waals surface area (Å²) < 4.78 is 69.8. The number of hydrogen-bond acceptors (Lipinski definition) is 3. The summed E-state index contributed by atoms with van der Waals surface area (Å²) in [5.41, 5.74) is -0.284. The van der Waals surface area contributed by atoms with Crippen molar-refractivity contribution in [3.8, 4) is 5.75 Å². The summed E-state index contributed by atoms with van der Waals surface area (Å²) in [4.78, 5) is 0. The molecule has 1 aromatic rings. The molecule has 1 aliphatic carbocycles. The lowest BCUT2D eigenvalue weighted by Crippen LogP contribution is -2.36. The Labute approximate surface area is 139 Å². The Hall–Kier alpha value is -1.54. The number of hydrogen-bond donors (Lipinski definition) is 1. The fourth-order valence-corrected chi connectivity index (χ4v) is 3.84. The Morgan fingerprint density at radius 2 is 2.08 bits per heavy atom. The van der Waals surface area contributed by atoms with Crippen LogP contribution in [0.3, 0.4) is 0 Å². The van der Waals surface area contributed by atoms with Gasteiger partial charge in [0.25, 0.3) is 6.43 Å². The first-order valence-electron chi connectivity index (χ1n) is 7.62. The number of sulfonamides is 1. The standard InChI is InChI=1S/C16H20F3NO3S/c1-2-3-4-9-24(21,22)20-16(7-8-16)12-5-6-13(17)14(10-12)23-11-15(18)19/h2-3,5-6,10,15,20H,4,7-9,11H2,1H3/b3-2+. The van der Waals surface area contributed by atoms with Crippen LogP contribution >= 0.6 is 0 Å². The minimum Gasteiger partial charge on any atom is -0.485 e. The SMILES string of the molecule is C/C=C/CCS(=O)(=O)NC1(c2ccc(F)c(OCC(F)F)c2)CC1. The predicted molar refractivity (Wildman–Crippen MR) is 85.2 cm³/mol. The van der Waals surface area contributed by atoms with E-state index >= 15 is 0 Å². The lowest BCUT2D eigenvalue weighted by Gasteiger charge is -2.19. The molecule has 0 radical (unpaired) electrons. The zero-order chi connectivity index (χ0) is 17.8. The van der Waals surface area contributed by atoms with Gasteiger partial charge in [-0.15, -0.1) is 0 Å². The Morgan fingerprint density at radius 3 is 2.67 bits per heavy atom. The quantitative estimate of drug-likeness (QED) is 0.685. The van der Waals surface area contributed by atoms with Gasteiger partial charge in [0.2, 0.25) is 10.0 Å². The second-order valence-electron chi connectivity index (χ2n) is 5.71. The number of alkyl halides is 2. The summed E-state index contributed by atoms with van der Waals surface area (Å²) in [5, 5.41) is 0. The molecule has 2 rings (SSSR count). The Morgan fingerprint density at radius 1 is 1.38 bits per heavy atom. The molecule has 1 aliphatic rings. The molecule has 1 N–H and O–H groups in total. The van der Waals surface area contributed by atoms with E-state index in [4.69, 9.17) is 4.74 Å². The summed E-state index contributed by atoms with van der Waals surface area (Å²) in [6.45, 7) is 0.893. The predicted octanol–water partition coefficient (Wildman–Crippen LogP) is 3.34. The van der Waals surface area contributed by atoms with Gasteiger partial charge in [0.05, 0.1) is 11.3 Å². The number of allylic oxidation sites excluding steroid dienone is 2. The lowest BCUT2D eigenvalue weighted by atomic mass is 10.1. The van der Waals surface area contributed by atoms with E-state index < -0.39 is 34.4 Å². The molecule has 0 aliphatic heterocycles. The van der Waals surface area contributed by atoms with Crippen molar-refractivity contribution >= 4 is 10.0 Å². The van der Waals surface area contributed by atoms with Gasteiger partial charge in [0, 0.05) is 0 Å². The van der Waals surface area contributed by atoms with Crippen molar-refractivity contribution in [2.75, 3.05) is 12.4 Å². The molecule has 1 fully saturated rings. The first kappa shape index (κ1) is 18.8. The average molecular weight is 363 g/mol. The minimum absolute atomic E-state index is 0.0466. The Kier molecular flexibility index (Phi) is 5.92. The van der Waals surface area contributed by atoms with Gasteiger partial charge in [-0.3, -0.25) is 0 Å². The minimum atomic E-state index is -3.50. The Bertz CT molecular complexity index is 701. The van der Waals surface area contributed by atoms with Crippen molar-refractivity contribution in [3.63, 3.8) is 0 Å². The van der Waals surface area contributed by atoms with Crippen molar-refractivity contribution in [1.29, 1.82) is 0 Å². The van der Waals surface area contributed by atoms with Gasteiger partial charge >= 0.3 is 0 Å². The van der Waals surface area contributed by atoms with Crippen molar-refractivity contribution < 1.29 is 26.3 Å². The molecule has 8 heteroatoms. The molecular weight excluding hydrogens is 343 g/mol. The van der Waals surface area contributed by atoms with Crippen LogP contribution in [0.25, 0.3) is 0 Å². The molecule has 4 nitrogen and oxygen atoms in total. The van der Waals surface area contributed by atoms with Crippen molar-refractivity contribution in [1.82, 2.24) is 4.72 Å². The zero-order valence-electron chi connectivity index (χ0n) is 13.3. The molecule has 0 bridgehead atoms. The van der Waals surface area contributed by atoms with Crippen LogP contribution in [0.5, 0.6) is 5.75 Å². The van der Waals surface area contributed by atoms with Crippen LogP contribution < -0.4 is 9.46 Å². The van der Waals surface area contributed by atoms with Crippen molar-refractivity contribution in [2.45, 2.75) is 38.2 Å². The van der Waals surface area contributed by atoms with Crippen LogP contribution in [0.15, 0.2) is 30.4 Å². The van der Waals surface area contributed by atoms with E-state index in [2.05, 4.69) is 4.72 Å². The number of nitrogens with one attached hydrogen (secondary N) is 1. The highest BCUT2D eigenvalue weighted by atomic mass is 32.2. The van der Waals surface area contributed by atoms with Crippen LogP contribution in [-0.4, -0.2) is 27.2 Å². The van der Waals surface area contributed by atoms with E-state index in [1.54, 1.807) is 12.2 Å². The molecule has 1 aromatic carbocycles. The molecular formula is C16H20F3NO3S. The summed E-state index contributed by atoms with van der Waals surface area (Å²) >= 11 is 0. The van der Waals surface area contributed by atoms with Crippen LogP contribution in [0.4, 0.5) is 13.2 Å². The molecule has 0 atom stereocenters. The Balaban J connectivity index is 2.13. The van der Waals surface area contributed by atoms with E-state index in [0.29, 0.717) is 24.8 Å². The number of benzene rings is 1. The van der Waals surface area contributed by atoms with Gasteiger partial charge in [-0.05, 0) is 43.9 Å². The molecule has 0 spiro atoms. The third-order valence-corrected chi connectivity index (χ3v) is 5.21. The van der Waals surface area contributed by atoms with Crippen LogP contribution in [0.2, 0.25) is 0 Å². The molecule has 0 saturated heterocycles.